The molecule has 0 radical (unpaired) electrons. The van der Waals surface area contributed by atoms with Crippen LogP contribution in [0.2, 0.25) is 0 Å². The van der Waals surface area contributed by atoms with Crippen molar-refractivity contribution in [3.63, 3.8) is 0 Å². The van der Waals surface area contributed by atoms with Crippen molar-refractivity contribution in [1.29, 1.82) is 0 Å². The van der Waals surface area contributed by atoms with Crippen LogP contribution in [0.5, 0.6) is 0 Å². The molecule has 2 heteroatoms. The molecule has 96 valence electrons. The van der Waals surface area contributed by atoms with Crippen LogP contribution >= 0.6 is 0 Å². The lowest BCUT2D eigenvalue weighted by Gasteiger charge is -2.27. The van der Waals surface area contributed by atoms with E-state index in [0.29, 0.717) is 0 Å². The Kier molecular flexibility index (Phi) is 3.37. The van der Waals surface area contributed by atoms with Gasteiger partial charge in [0.05, 0.1) is 0 Å². The third-order valence-corrected chi connectivity index (χ3v) is 4.27. The lowest BCUT2D eigenvalue weighted by Crippen LogP contribution is -2.32. The van der Waals surface area contributed by atoms with Gasteiger partial charge in [0.2, 0.25) is 0 Å². The van der Waals surface area contributed by atoms with Gasteiger partial charge in [-0.1, -0.05) is 25.1 Å². The van der Waals surface area contributed by atoms with Crippen LogP contribution in [0.15, 0.2) is 30.5 Å². The Bertz CT molecular complexity index is 507. The Morgan fingerprint density at radius 1 is 1.17 bits per heavy atom. The van der Waals surface area contributed by atoms with Gasteiger partial charge in [-0.3, -0.25) is 0 Å². The predicted octanol–water partition coefficient (Wildman–Crippen LogP) is 3.84. The van der Waals surface area contributed by atoms with Crippen molar-refractivity contribution >= 4 is 10.9 Å². The summed E-state index contributed by atoms with van der Waals surface area (Å²) in [6.45, 7) is 3.36. The Morgan fingerprint density at radius 2 is 1.94 bits per heavy atom. The first-order chi connectivity index (χ1) is 8.83. The van der Waals surface area contributed by atoms with Gasteiger partial charge in [-0.15, -0.1) is 0 Å². The van der Waals surface area contributed by atoms with Gasteiger partial charge in [-0.05, 0) is 43.2 Å². The fraction of sp³-hybridized carbons (Fsp3) is 0.500. The van der Waals surface area contributed by atoms with Crippen molar-refractivity contribution in [3.8, 4) is 0 Å². The maximum absolute atomic E-state index is 3.72. The van der Waals surface area contributed by atoms with Gasteiger partial charge >= 0.3 is 0 Å². The monoisotopic (exact) mass is 242 g/mol. The number of aromatic amines is 1. The normalized spacial score (nSPS) is 24.5. The molecule has 0 saturated heterocycles. The first-order valence-electron chi connectivity index (χ1n) is 7.11. The molecule has 0 unspecified atom stereocenters. The van der Waals surface area contributed by atoms with Crippen molar-refractivity contribution in [2.24, 2.45) is 5.92 Å². The van der Waals surface area contributed by atoms with E-state index in [1.54, 1.807) is 0 Å². The first-order valence-corrected chi connectivity index (χ1v) is 7.11. The van der Waals surface area contributed by atoms with E-state index in [1.807, 2.05) is 0 Å². The van der Waals surface area contributed by atoms with Gasteiger partial charge in [-0.25, -0.2) is 0 Å². The van der Waals surface area contributed by atoms with E-state index in [1.165, 1.54) is 42.1 Å². The average Bonchev–Trinajstić information content (AvgIpc) is 2.82. The summed E-state index contributed by atoms with van der Waals surface area (Å²) in [6.07, 6.45) is 7.58. The highest BCUT2D eigenvalue weighted by atomic mass is 14.9. The van der Waals surface area contributed by atoms with Crippen molar-refractivity contribution in [3.05, 3.63) is 36.0 Å². The number of benzene rings is 1. The van der Waals surface area contributed by atoms with E-state index >= 15 is 0 Å². The number of H-pyrrole nitrogens is 1. The standard InChI is InChI=1S/C16H22N2/c1-12-6-8-14(9-7-12)17-10-13-11-18-16-5-3-2-4-15(13)16/h2-5,11-12,14,17-18H,6-10H2,1H3. The molecule has 0 bridgehead atoms. The maximum Gasteiger partial charge on any atom is 0.0457 e. The van der Waals surface area contributed by atoms with E-state index < -0.39 is 0 Å². The van der Waals surface area contributed by atoms with Gasteiger partial charge in [0.1, 0.15) is 0 Å². The molecule has 18 heavy (non-hydrogen) atoms. The number of nitrogens with one attached hydrogen (secondary N) is 2. The minimum Gasteiger partial charge on any atom is -0.361 e. The number of hydrogen-bond donors (Lipinski definition) is 2. The molecule has 1 heterocycles. The van der Waals surface area contributed by atoms with Crippen LogP contribution < -0.4 is 5.32 Å². The van der Waals surface area contributed by atoms with Crippen LogP contribution in [-0.4, -0.2) is 11.0 Å². The molecular weight excluding hydrogens is 220 g/mol. The molecule has 2 aromatic rings. The zero-order valence-corrected chi connectivity index (χ0v) is 11.1. The molecule has 1 aromatic carbocycles. The van der Waals surface area contributed by atoms with Gasteiger partial charge in [-0.2, -0.15) is 0 Å². The van der Waals surface area contributed by atoms with E-state index in [-0.39, 0.29) is 0 Å². The minimum absolute atomic E-state index is 0.717. The molecular formula is C16H22N2. The van der Waals surface area contributed by atoms with Crippen LogP contribution in [-0.2, 0) is 6.54 Å². The zero-order valence-electron chi connectivity index (χ0n) is 11.1. The van der Waals surface area contributed by atoms with Gasteiger partial charge < -0.3 is 10.3 Å². The highest BCUT2D eigenvalue weighted by Crippen LogP contribution is 2.24. The Morgan fingerprint density at radius 3 is 2.78 bits per heavy atom. The van der Waals surface area contributed by atoms with Crippen molar-refractivity contribution in [2.75, 3.05) is 0 Å². The van der Waals surface area contributed by atoms with Gasteiger partial charge in [0.15, 0.2) is 0 Å². The van der Waals surface area contributed by atoms with Crippen molar-refractivity contribution < 1.29 is 0 Å². The highest BCUT2D eigenvalue weighted by Gasteiger charge is 2.17. The van der Waals surface area contributed by atoms with Crippen LogP contribution in [0.25, 0.3) is 10.9 Å². The molecule has 2 N–H and O–H groups in total. The molecule has 2 nitrogen and oxygen atoms in total. The van der Waals surface area contributed by atoms with Crippen molar-refractivity contribution in [1.82, 2.24) is 10.3 Å². The summed E-state index contributed by atoms with van der Waals surface area (Å²) in [5.41, 5.74) is 2.63. The second-order valence-electron chi connectivity index (χ2n) is 5.70. The van der Waals surface area contributed by atoms with E-state index in [9.17, 15) is 0 Å². The van der Waals surface area contributed by atoms with Crippen LogP contribution in [0, 0.1) is 5.92 Å². The number of fused-ring (bicyclic) bond motifs is 1. The Labute approximate surface area is 109 Å². The van der Waals surface area contributed by atoms with E-state index in [2.05, 4.69) is 47.7 Å². The van der Waals surface area contributed by atoms with Crippen LogP contribution in [0.1, 0.15) is 38.2 Å². The Hall–Kier alpha value is -1.28. The summed E-state index contributed by atoms with van der Waals surface area (Å²) in [6, 6.07) is 9.25. The fourth-order valence-electron chi connectivity index (χ4n) is 3.00. The molecule has 3 rings (SSSR count). The second kappa shape index (κ2) is 5.15. The lowest BCUT2D eigenvalue weighted by molar-refractivity contribution is 0.307. The topological polar surface area (TPSA) is 27.8 Å². The number of rotatable bonds is 3. The van der Waals surface area contributed by atoms with Gasteiger partial charge in [0, 0.05) is 29.7 Å². The average molecular weight is 242 g/mol. The summed E-state index contributed by atoms with van der Waals surface area (Å²) in [5.74, 6) is 0.927. The largest absolute Gasteiger partial charge is 0.361 e. The molecule has 1 saturated carbocycles. The Balaban J connectivity index is 1.63. The molecule has 1 aliphatic carbocycles. The summed E-state index contributed by atoms with van der Waals surface area (Å²) in [5, 5.41) is 5.07. The summed E-state index contributed by atoms with van der Waals surface area (Å²) >= 11 is 0. The molecule has 1 aromatic heterocycles. The second-order valence-corrected chi connectivity index (χ2v) is 5.70. The smallest absolute Gasteiger partial charge is 0.0457 e. The number of aromatic nitrogens is 1. The van der Waals surface area contributed by atoms with Crippen LogP contribution in [0.3, 0.4) is 0 Å². The first kappa shape index (κ1) is 11.8. The molecule has 0 aliphatic heterocycles. The van der Waals surface area contributed by atoms with Crippen molar-refractivity contribution in [2.45, 2.75) is 45.2 Å². The number of para-hydroxylation sites is 1. The predicted molar refractivity (Wildman–Crippen MR) is 76.6 cm³/mol. The molecule has 1 fully saturated rings. The summed E-state index contributed by atoms with van der Waals surface area (Å²) < 4.78 is 0. The SMILES string of the molecule is CC1CCC(NCc2c[nH]c3ccccc23)CC1. The zero-order chi connectivity index (χ0) is 12.4. The third-order valence-electron chi connectivity index (χ3n) is 4.27. The van der Waals surface area contributed by atoms with E-state index in [0.717, 1.165) is 18.5 Å². The highest BCUT2D eigenvalue weighted by molar-refractivity contribution is 5.82. The molecule has 0 atom stereocenters. The third kappa shape index (κ3) is 2.44. The summed E-state index contributed by atoms with van der Waals surface area (Å²) in [4.78, 5) is 3.34. The molecule has 0 amide bonds. The van der Waals surface area contributed by atoms with Gasteiger partial charge in [0.25, 0.3) is 0 Å². The molecule has 0 spiro atoms. The quantitative estimate of drug-likeness (QED) is 0.841. The maximum atomic E-state index is 3.72. The summed E-state index contributed by atoms with van der Waals surface area (Å²) in [7, 11) is 0. The minimum atomic E-state index is 0.717. The number of hydrogen-bond acceptors (Lipinski definition) is 1. The molecule has 1 aliphatic rings. The lowest BCUT2D eigenvalue weighted by atomic mass is 9.87. The van der Waals surface area contributed by atoms with Crippen LogP contribution in [0.4, 0.5) is 0 Å². The fourth-order valence-corrected chi connectivity index (χ4v) is 3.00. The van der Waals surface area contributed by atoms with E-state index in [4.69, 9.17) is 0 Å².